The summed E-state index contributed by atoms with van der Waals surface area (Å²) in [5, 5.41) is 0. The minimum atomic E-state index is -0.0901. The molecule has 0 radical (unpaired) electrons. The second-order valence-corrected chi connectivity index (χ2v) is 6.29. The minimum absolute atomic E-state index is 0.000950. The number of aliphatic imine (C=N–C) groups is 1. The van der Waals surface area contributed by atoms with Crippen LogP contribution >= 0.6 is 15.9 Å². The van der Waals surface area contributed by atoms with Crippen LogP contribution < -0.4 is 0 Å². The maximum atomic E-state index is 11.6. The zero-order valence-corrected chi connectivity index (χ0v) is 12.5. The van der Waals surface area contributed by atoms with Gasteiger partial charge in [-0.05, 0) is 29.3 Å². The van der Waals surface area contributed by atoms with E-state index in [4.69, 9.17) is 4.74 Å². The molecule has 4 heteroatoms. The molecule has 0 spiro atoms. The van der Waals surface area contributed by atoms with E-state index in [9.17, 15) is 4.79 Å². The summed E-state index contributed by atoms with van der Waals surface area (Å²) in [7, 11) is 0. The molecule has 2 aliphatic rings. The van der Waals surface area contributed by atoms with Gasteiger partial charge in [0.15, 0.2) is 0 Å². The normalized spacial score (nSPS) is 29.1. The molecule has 1 fully saturated rings. The first-order valence-corrected chi connectivity index (χ1v) is 7.04. The lowest BCUT2D eigenvalue weighted by atomic mass is 9.91. The molecule has 0 amide bonds. The molecule has 1 aliphatic carbocycles. The average molecular weight is 312 g/mol. The van der Waals surface area contributed by atoms with E-state index >= 15 is 0 Å². The lowest BCUT2D eigenvalue weighted by molar-refractivity contribution is -0.144. The summed E-state index contributed by atoms with van der Waals surface area (Å²) in [6, 6.07) is 0. The van der Waals surface area contributed by atoms with E-state index in [1.54, 1.807) is 6.21 Å². The van der Waals surface area contributed by atoms with Gasteiger partial charge in [0.1, 0.15) is 0 Å². The van der Waals surface area contributed by atoms with Crippen LogP contribution in [0, 0.1) is 17.3 Å². The smallest absolute Gasteiger partial charge is 0.309 e. The van der Waals surface area contributed by atoms with Crippen LogP contribution in [0.2, 0.25) is 0 Å². The Bertz CT molecular complexity index is 449. The molecular formula is C14H18BrNO2. The van der Waals surface area contributed by atoms with E-state index in [1.165, 1.54) is 0 Å². The summed E-state index contributed by atoms with van der Waals surface area (Å²) in [6.45, 7) is 6.54. The quantitative estimate of drug-likeness (QED) is 0.749. The van der Waals surface area contributed by atoms with Gasteiger partial charge in [0, 0.05) is 27.7 Å². The lowest BCUT2D eigenvalue weighted by Gasteiger charge is -2.15. The van der Waals surface area contributed by atoms with Crippen LogP contribution in [-0.2, 0) is 9.53 Å². The summed E-state index contributed by atoms with van der Waals surface area (Å²) in [4.78, 5) is 16.1. The molecule has 0 saturated heterocycles. The van der Waals surface area contributed by atoms with Gasteiger partial charge in [-0.3, -0.25) is 9.79 Å². The number of ether oxygens (including phenoxy) is 1. The molecule has 1 aliphatic heterocycles. The van der Waals surface area contributed by atoms with Gasteiger partial charge in [0.25, 0.3) is 0 Å². The summed E-state index contributed by atoms with van der Waals surface area (Å²) in [5.74, 6) is 0.139. The highest BCUT2D eigenvalue weighted by Crippen LogP contribution is 2.47. The van der Waals surface area contributed by atoms with E-state index in [0.29, 0.717) is 6.61 Å². The summed E-state index contributed by atoms with van der Waals surface area (Å²) < 4.78 is 6.03. The zero-order valence-electron chi connectivity index (χ0n) is 10.9. The maximum absolute atomic E-state index is 11.6. The Kier molecular flexibility index (Phi) is 3.76. The van der Waals surface area contributed by atoms with Crippen molar-refractivity contribution in [3.05, 3.63) is 22.3 Å². The third-order valence-electron chi connectivity index (χ3n) is 3.13. The van der Waals surface area contributed by atoms with Crippen LogP contribution in [0.3, 0.4) is 0 Å². The van der Waals surface area contributed by atoms with Gasteiger partial charge in [-0.15, -0.1) is 0 Å². The largest absolute Gasteiger partial charge is 0.466 e. The van der Waals surface area contributed by atoms with Crippen molar-refractivity contribution >= 4 is 28.1 Å². The van der Waals surface area contributed by atoms with Crippen LogP contribution in [0.4, 0.5) is 0 Å². The molecule has 0 bridgehead atoms. The standard InChI is InChI=1S/C14H18BrNO2/c1-4-18-13(17)11-5-10(11)12-7-14(2,3)6-9(15)8-16-12/h6-8,10-11H,4-5H2,1-3H3. The molecule has 0 aromatic carbocycles. The van der Waals surface area contributed by atoms with Gasteiger partial charge >= 0.3 is 5.97 Å². The number of carbonyl (C=O) groups excluding carboxylic acids is 1. The van der Waals surface area contributed by atoms with Crippen molar-refractivity contribution in [2.24, 2.45) is 22.2 Å². The molecule has 0 aromatic heterocycles. The first-order valence-electron chi connectivity index (χ1n) is 6.25. The third-order valence-corrected chi connectivity index (χ3v) is 3.56. The van der Waals surface area contributed by atoms with Gasteiger partial charge in [-0.25, -0.2) is 0 Å². The second-order valence-electron chi connectivity index (χ2n) is 5.38. The highest BCUT2D eigenvalue weighted by molar-refractivity contribution is 9.12. The molecule has 0 N–H and O–H groups in total. The van der Waals surface area contributed by atoms with E-state index < -0.39 is 0 Å². The van der Waals surface area contributed by atoms with Gasteiger partial charge in [-0.2, -0.15) is 0 Å². The van der Waals surface area contributed by atoms with Crippen molar-refractivity contribution < 1.29 is 9.53 Å². The van der Waals surface area contributed by atoms with E-state index in [1.807, 2.05) is 6.92 Å². The van der Waals surface area contributed by atoms with Gasteiger partial charge < -0.3 is 4.74 Å². The Labute approximate surface area is 116 Å². The summed E-state index contributed by atoms with van der Waals surface area (Å²) >= 11 is 3.47. The van der Waals surface area contributed by atoms with Gasteiger partial charge in [-0.1, -0.05) is 26.0 Å². The molecule has 18 heavy (non-hydrogen) atoms. The first kappa shape index (κ1) is 13.5. The number of allylic oxidation sites excluding steroid dienone is 4. The van der Waals surface area contributed by atoms with Crippen LogP contribution in [0.25, 0.3) is 0 Å². The molecule has 98 valence electrons. The molecule has 1 saturated carbocycles. The number of esters is 1. The molecule has 2 atom stereocenters. The highest BCUT2D eigenvalue weighted by Gasteiger charge is 2.47. The molecule has 3 nitrogen and oxygen atoms in total. The predicted octanol–water partition coefficient (Wildman–Crippen LogP) is 3.46. The second kappa shape index (κ2) is 5.00. The third kappa shape index (κ3) is 3.10. The number of carbonyl (C=O) groups is 1. The van der Waals surface area contributed by atoms with Crippen molar-refractivity contribution in [2.75, 3.05) is 6.61 Å². The van der Waals surface area contributed by atoms with Gasteiger partial charge in [0.05, 0.1) is 12.5 Å². The monoisotopic (exact) mass is 311 g/mol. The van der Waals surface area contributed by atoms with Crippen molar-refractivity contribution in [3.63, 3.8) is 0 Å². The molecule has 2 unspecified atom stereocenters. The molecular weight excluding hydrogens is 294 g/mol. The van der Waals surface area contributed by atoms with Crippen molar-refractivity contribution in [3.8, 4) is 0 Å². The van der Waals surface area contributed by atoms with E-state index in [2.05, 4.69) is 46.9 Å². The summed E-state index contributed by atoms with van der Waals surface area (Å²) in [5.41, 5.74) is 0.954. The van der Waals surface area contributed by atoms with Crippen LogP contribution in [0.5, 0.6) is 0 Å². The van der Waals surface area contributed by atoms with E-state index in [-0.39, 0.29) is 23.2 Å². The minimum Gasteiger partial charge on any atom is -0.466 e. The van der Waals surface area contributed by atoms with Gasteiger partial charge in [0.2, 0.25) is 0 Å². The number of halogens is 1. The molecule has 2 rings (SSSR count). The Balaban J connectivity index is 2.10. The Hall–Kier alpha value is -0.900. The Morgan fingerprint density at radius 1 is 1.56 bits per heavy atom. The first-order chi connectivity index (χ1) is 8.43. The number of hydrogen-bond acceptors (Lipinski definition) is 3. The lowest BCUT2D eigenvalue weighted by Crippen LogP contribution is -2.09. The van der Waals surface area contributed by atoms with E-state index in [0.717, 1.165) is 16.6 Å². The van der Waals surface area contributed by atoms with Crippen LogP contribution in [-0.4, -0.2) is 18.8 Å². The van der Waals surface area contributed by atoms with Crippen LogP contribution in [0.15, 0.2) is 27.3 Å². The number of rotatable bonds is 3. The zero-order chi connectivity index (χ0) is 13.3. The Morgan fingerprint density at radius 3 is 2.94 bits per heavy atom. The fraction of sp³-hybridized carbons (Fsp3) is 0.571. The average Bonchev–Trinajstić information content (AvgIpc) is 3.03. The fourth-order valence-corrected chi connectivity index (χ4v) is 2.92. The number of nitrogens with zero attached hydrogens (tertiary/aromatic N) is 1. The molecule has 0 aromatic rings. The fourth-order valence-electron chi connectivity index (χ4n) is 2.22. The number of hydrogen-bond donors (Lipinski definition) is 0. The summed E-state index contributed by atoms with van der Waals surface area (Å²) in [6.07, 6.45) is 6.92. The topological polar surface area (TPSA) is 38.7 Å². The van der Waals surface area contributed by atoms with Crippen molar-refractivity contribution in [1.82, 2.24) is 0 Å². The van der Waals surface area contributed by atoms with Crippen LogP contribution in [0.1, 0.15) is 27.2 Å². The maximum Gasteiger partial charge on any atom is 0.309 e. The van der Waals surface area contributed by atoms with Crippen molar-refractivity contribution in [1.29, 1.82) is 0 Å². The molecule has 1 heterocycles. The van der Waals surface area contributed by atoms with Crippen molar-refractivity contribution in [2.45, 2.75) is 27.2 Å². The highest BCUT2D eigenvalue weighted by atomic mass is 79.9. The predicted molar refractivity (Wildman–Crippen MR) is 75.6 cm³/mol. The SMILES string of the molecule is CCOC(=O)C1CC1C1=CC(C)(C)C=C(Br)C=N1. The Morgan fingerprint density at radius 2 is 2.28 bits per heavy atom.